The SMILES string of the molecule is COc1ccccc1CNC(=O)CNC(=O)C1CCCCC1. The van der Waals surface area contributed by atoms with Crippen molar-refractivity contribution in [3.05, 3.63) is 29.8 Å². The minimum absolute atomic E-state index is 0.00661. The van der Waals surface area contributed by atoms with E-state index in [1.807, 2.05) is 24.3 Å². The van der Waals surface area contributed by atoms with Gasteiger partial charge < -0.3 is 15.4 Å². The van der Waals surface area contributed by atoms with Crippen molar-refractivity contribution in [2.24, 2.45) is 5.92 Å². The van der Waals surface area contributed by atoms with Gasteiger partial charge in [-0.15, -0.1) is 0 Å². The topological polar surface area (TPSA) is 67.4 Å². The first-order chi connectivity index (χ1) is 10.7. The van der Waals surface area contributed by atoms with Gasteiger partial charge in [0.05, 0.1) is 13.7 Å². The van der Waals surface area contributed by atoms with Crippen molar-refractivity contribution in [1.82, 2.24) is 10.6 Å². The smallest absolute Gasteiger partial charge is 0.239 e. The normalized spacial score (nSPS) is 15.1. The van der Waals surface area contributed by atoms with E-state index in [2.05, 4.69) is 10.6 Å². The van der Waals surface area contributed by atoms with Crippen molar-refractivity contribution < 1.29 is 14.3 Å². The fourth-order valence-electron chi connectivity index (χ4n) is 2.78. The third-order valence-corrected chi connectivity index (χ3v) is 4.07. The van der Waals surface area contributed by atoms with E-state index in [4.69, 9.17) is 4.74 Å². The van der Waals surface area contributed by atoms with Crippen molar-refractivity contribution in [2.75, 3.05) is 13.7 Å². The van der Waals surface area contributed by atoms with E-state index in [1.165, 1.54) is 6.42 Å². The Morgan fingerprint density at radius 2 is 1.86 bits per heavy atom. The number of carbonyl (C=O) groups excluding carboxylic acids is 2. The van der Waals surface area contributed by atoms with Crippen LogP contribution in [0, 0.1) is 5.92 Å². The zero-order valence-electron chi connectivity index (χ0n) is 13.1. The molecule has 22 heavy (non-hydrogen) atoms. The van der Waals surface area contributed by atoms with Crippen LogP contribution in [0.15, 0.2) is 24.3 Å². The molecule has 0 radical (unpaired) electrons. The molecule has 1 aromatic carbocycles. The molecule has 1 aliphatic rings. The van der Waals surface area contributed by atoms with Crippen molar-refractivity contribution in [3.8, 4) is 5.75 Å². The summed E-state index contributed by atoms with van der Waals surface area (Å²) in [6, 6.07) is 7.54. The highest BCUT2D eigenvalue weighted by atomic mass is 16.5. The molecule has 1 aliphatic carbocycles. The fraction of sp³-hybridized carbons (Fsp3) is 0.529. The molecule has 1 fully saturated rings. The van der Waals surface area contributed by atoms with Crippen molar-refractivity contribution in [2.45, 2.75) is 38.6 Å². The highest BCUT2D eigenvalue weighted by Crippen LogP contribution is 2.23. The van der Waals surface area contributed by atoms with Gasteiger partial charge in [0.2, 0.25) is 11.8 Å². The molecule has 120 valence electrons. The number of nitrogens with one attached hydrogen (secondary N) is 2. The quantitative estimate of drug-likeness (QED) is 0.845. The summed E-state index contributed by atoms with van der Waals surface area (Å²) < 4.78 is 5.23. The Bertz CT molecular complexity index is 510. The molecule has 2 amide bonds. The van der Waals surface area contributed by atoms with Gasteiger partial charge in [-0.3, -0.25) is 9.59 Å². The highest BCUT2D eigenvalue weighted by Gasteiger charge is 2.21. The van der Waals surface area contributed by atoms with Crippen LogP contribution >= 0.6 is 0 Å². The van der Waals surface area contributed by atoms with Crippen molar-refractivity contribution in [1.29, 1.82) is 0 Å². The molecule has 0 bridgehead atoms. The number of carbonyl (C=O) groups is 2. The summed E-state index contributed by atoms with van der Waals surface area (Å²) in [4.78, 5) is 23.8. The lowest BCUT2D eigenvalue weighted by Gasteiger charge is -2.20. The average Bonchev–Trinajstić information content (AvgIpc) is 2.58. The van der Waals surface area contributed by atoms with Gasteiger partial charge in [0.25, 0.3) is 0 Å². The number of ether oxygens (including phenoxy) is 1. The molecule has 0 aliphatic heterocycles. The molecule has 2 N–H and O–H groups in total. The van der Waals surface area contributed by atoms with Crippen LogP contribution in [0.2, 0.25) is 0 Å². The largest absolute Gasteiger partial charge is 0.496 e. The second-order valence-electron chi connectivity index (χ2n) is 5.64. The maximum absolute atomic E-state index is 12.0. The number of hydrogen-bond donors (Lipinski definition) is 2. The van der Waals surface area contributed by atoms with Crippen LogP contribution in [0.4, 0.5) is 0 Å². The van der Waals surface area contributed by atoms with E-state index in [9.17, 15) is 9.59 Å². The molecule has 1 saturated carbocycles. The van der Waals surface area contributed by atoms with Crippen LogP contribution in [-0.2, 0) is 16.1 Å². The molecule has 0 saturated heterocycles. The summed E-state index contributed by atoms with van der Waals surface area (Å²) in [5, 5.41) is 5.53. The molecule has 0 heterocycles. The third-order valence-electron chi connectivity index (χ3n) is 4.07. The van der Waals surface area contributed by atoms with E-state index in [0.29, 0.717) is 6.54 Å². The summed E-state index contributed by atoms with van der Waals surface area (Å²) in [5.41, 5.74) is 0.914. The molecule has 0 spiro atoms. The van der Waals surface area contributed by atoms with Gasteiger partial charge in [0.1, 0.15) is 5.75 Å². The lowest BCUT2D eigenvalue weighted by molar-refractivity contribution is -0.129. The zero-order valence-corrected chi connectivity index (χ0v) is 13.1. The molecular formula is C17H24N2O3. The number of para-hydroxylation sites is 1. The first kappa shape index (κ1) is 16.3. The Morgan fingerprint density at radius 3 is 2.59 bits per heavy atom. The Balaban J connectivity index is 1.72. The maximum atomic E-state index is 12.0. The van der Waals surface area contributed by atoms with Crippen LogP contribution in [0.3, 0.4) is 0 Å². The molecule has 0 unspecified atom stereocenters. The second-order valence-corrected chi connectivity index (χ2v) is 5.64. The van der Waals surface area contributed by atoms with Gasteiger partial charge in [-0.2, -0.15) is 0 Å². The van der Waals surface area contributed by atoms with Crippen molar-refractivity contribution in [3.63, 3.8) is 0 Å². The summed E-state index contributed by atoms with van der Waals surface area (Å²) in [7, 11) is 1.60. The van der Waals surface area contributed by atoms with E-state index >= 15 is 0 Å². The Kier molecular flexibility index (Phi) is 6.25. The number of amides is 2. The Morgan fingerprint density at radius 1 is 1.14 bits per heavy atom. The molecule has 2 rings (SSSR count). The van der Waals surface area contributed by atoms with E-state index in [0.717, 1.165) is 37.0 Å². The van der Waals surface area contributed by atoms with Crippen LogP contribution in [0.1, 0.15) is 37.7 Å². The molecule has 5 nitrogen and oxygen atoms in total. The average molecular weight is 304 g/mol. The molecule has 1 aromatic rings. The molecule has 0 aromatic heterocycles. The van der Waals surface area contributed by atoms with Gasteiger partial charge in [0, 0.05) is 18.0 Å². The second kappa shape index (κ2) is 8.41. The lowest BCUT2D eigenvalue weighted by atomic mass is 9.89. The first-order valence-electron chi connectivity index (χ1n) is 7.87. The summed E-state index contributed by atoms with van der Waals surface area (Å²) in [5.74, 6) is 0.645. The highest BCUT2D eigenvalue weighted by molar-refractivity contribution is 5.85. The van der Waals surface area contributed by atoms with E-state index < -0.39 is 0 Å². The lowest BCUT2D eigenvalue weighted by Crippen LogP contribution is -2.39. The molecule has 0 atom stereocenters. The standard InChI is InChI=1S/C17H24N2O3/c1-22-15-10-6-5-9-14(15)11-18-16(20)12-19-17(21)13-7-3-2-4-8-13/h5-6,9-10,13H,2-4,7-8,11-12H2,1H3,(H,18,20)(H,19,21). The van der Waals surface area contributed by atoms with Crippen LogP contribution in [0.5, 0.6) is 5.75 Å². The van der Waals surface area contributed by atoms with Gasteiger partial charge in [-0.25, -0.2) is 0 Å². The van der Waals surface area contributed by atoms with Gasteiger partial charge >= 0.3 is 0 Å². The van der Waals surface area contributed by atoms with Gasteiger partial charge in [-0.1, -0.05) is 37.5 Å². The summed E-state index contributed by atoms with van der Waals surface area (Å²) in [6.07, 6.45) is 5.31. The van der Waals surface area contributed by atoms with Crippen molar-refractivity contribution >= 4 is 11.8 Å². The number of rotatable bonds is 6. The minimum Gasteiger partial charge on any atom is -0.496 e. The van der Waals surface area contributed by atoms with Crippen LogP contribution in [0.25, 0.3) is 0 Å². The molecule has 5 heteroatoms. The van der Waals surface area contributed by atoms with Crippen LogP contribution in [-0.4, -0.2) is 25.5 Å². The monoisotopic (exact) mass is 304 g/mol. The first-order valence-corrected chi connectivity index (χ1v) is 7.87. The summed E-state index contributed by atoms with van der Waals surface area (Å²) >= 11 is 0. The van der Waals surface area contributed by atoms with E-state index in [-0.39, 0.29) is 24.3 Å². The summed E-state index contributed by atoms with van der Waals surface area (Å²) in [6.45, 7) is 0.423. The predicted molar refractivity (Wildman–Crippen MR) is 84.4 cm³/mol. The third kappa shape index (κ3) is 4.76. The van der Waals surface area contributed by atoms with Crippen LogP contribution < -0.4 is 15.4 Å². The van der Waals surface area contributed by atoms with Gasteiger partial charge in [-0.05, 0) is 18.9 Å². The minimum atomic E-state index is -0.185. The zero-order chi connectivity index (χ0) is 15.8. The Hall–Kier alpha value is -2.04. The number of methoxy groups -OCH3 is 1. The Labute approximate surface area is 131 Å². The van der Waals surface area contributed by atoms with E-state index in [1.54, 1.807) is 7.11 Å². The number of hydrogen-bond acceptors (Lipinski definition) is 3. The van der Waals surface area contributed by atoms with Gasteiger partial charge in [0.15, 0.2) is 0 Å². The maximum Gasteiger partial charge on any atom is 0.239 e. The number of benzene rings is 1. The molecular weight excluding hydrogens is 280 g/mol. The predicted octanol–water partition coefficient (Wildman–Crippen LogP) is 2.01. The fourth-order valence-corrected chi connectivity index (χ4v) is 2.78.